The zero-order valence-electron chi connectivity index (χ0n) is 16.8. The molecular formula is C23H23ClN2O2S2. The Bertz CT molecular complexity index is 1420. The zero-order chi connectivity index (χ0) is 19.9. The third-order valence-corrected chi connectivity index (χ3v) is 9.58. The second kappa shape index (κ2) is 6.82. The van der Waals surface area contributed by atoms with Gasteiger partial charge in [-0.2, -0.15) is 0 Å². The minimum atomic E-state index is -3.59. The summed E-state index contributed by atoms with van der Waals surface area (Å²) in [5.41, 5.74) is 4.86. The molecule has 2 aromatic heterocycles. The molecule has 2 aliphatic heterocycles. The number of aromatic nitrogens is 1. The Balaban J connectivity index is 0.00000193. The number of hydrogen-bond donors (Lipinski definition) is 1. The standard InChI is InChI=1S/C23H22N2O2S2.ClH/c1-13-9-15(29(26,27)21-12-28-20-6-4-3-5-16(20)21)11-17-22-18-8-7-14(24-18)10-19(22)25(2)23(13)17;/h3-6,9,11-12,14,18,24H,7-8,10H2,1-2H3;1H. The largest absolute Gasteiger partial charge is 0.347 e. The second-order valence-electron chi connectivity index (χ2n) is 8.35. The second-order valence-corrected chi connectivity index (χ2v) is 11.2. The molecule has 2 aliphatic rings. The number of aryl methyl sites for hydroxylation is 2. The fraction of sp³-hybridized carbons (Fsp3) is 0.304. The van der Waals surface area contributed by atoms with Gasteiger partial charge in [-0.05, 0) is 49.1 Å². The highest BCUT2D eigenvalue weighted by Gasteiger charge is 2.36. The molecule has 1 fully saturated rings. The number of nitrogens with one attached hydrogen (secondary N) is 1. The van der Waals surface area contributed by atoms with Crippen molar-refractivity contribution < 1.29 is 8.42 Å². The van der Waals surface area contributed by atoms with Gasteiger partial charge in [0.2, 0.25) is 9.84 Å². The number of thiophene rings is 1. The zero-order valence-corrected chi connectivity index (χ0v) is 19.3. The van der Waals surface area contributed by atoms with E-state index in [0.29, 0.717) is 21.9 Å². The van der Waals surface area contributed by atoms with E-state index in [9.17, 15) is 8.42 Å². The first-order valence-corrected chi connectivity index (χ1v) is 12.4. The van der Waals surface area contributed by atoms with Crippen molar-refractivity contribution in [3.8, 4) is 0 Å². The van der Waals surface area contributed by atoms with Crippen LogP contribution in [0.15, 0.2) is 51.6 Å². The number of hydrogen-bond acceptors (Lipinski definition) is 4. The van der Waals surface area contributed by atoms with Gasteiger partial charge in [0, 0.05) is 52.1 Å². The van der Waals surface area contributed by atoms with Gasteiger partial charge in [-0.3, -0.25) is 0 Å². The highest BCUT2D eigenvalue weighted by atomic mass is 35.5. The van der Waals surface area contributed by atoms with Crippen molar-refractivity contribution in [2.45, 2.75) is 48.1 Å². The lowest BCUT2D eigenvalue weighted by Crippen LogP contribution is -2.32. The molecule has 2 unspecified atom stereocenters. The van der Waals surface area contributed by atoms with Crippen molar-refractivity contribution in [1.29, 1.82) is 0 Å². The molecule has 156 valence electrons. The lowest BCUT2D eigenvalue weighted by molar-refractivity contribution is 0.503. The van der Waals surface area contributed by atoms with Crippen molar-refractivity contribution in [3.05, 3.63) is 58.6 Å². The van der Waals surface area contributed by atoms with E-state index in [1.165, 1.54) is 34.5 Å². The fourth-order valence-electron chi connectivity index (χ4n) is 5.39. The first-order chi connectivity index (χ1) is 13.9. The van der Waals surface area contributed by atoms with Crippen LogP contribution in [0.25, 0.3) is 21.0 Å². The Kier molecular flexibility index (Phi) is 4.56. The van der Waals surface area contributed by atoms with E-state index in [1.807, 2.05) is 43.3 Å². The minimum Gasteiger partial charge on any atom is -0.347 e. The Morgan fingerprint density at radius 3 is 2.77 bits per heavy atom. The fourth-order valence-corrected chi connectivity index (χ4v) is 8.25. The van der Waals surface area contributed by atoms with E-state index in [1.54, 1.807) is 5.38 Å². The molecule has 4 heterocycles. The predicted molar refractivity (Wildman–Crippen MR) is 125 cm³/mol. The average Bonchev–Trinajstić information content (AvgIpc) is 3.38. The van der Waals surface area contributed by atoms with Crippen molar-refractivity contribution in [2.75, 3.05) is 0 Å². The first kappa shape index (κ1) is 20.1. The van der Waals surface area contributed by atoms with Gasteiger partial charge in [-0.1, -0.05) is 18.2 Å². The Morgan fingerprint density at radius 1 is 1.13 bits per heavy atom. The van der Waals surface area contributed by atoms with Crippen molar-refractivity contribution in [3.63, 3.8) is 0 Å². The van der Waals surface area contributed by atoms with Crippen LogP contribution in [-0.2, 0) is 23.3 Å². The Hall–Kier alpha value is -1.86. The molecule has 0 amide bonds. The number of benzene rings is 2. The summed E-state index contributed by atoms with van der Waals surface area (Å²) in [5, 5.41) is 7.41. The maximum absolute atomic E-state index is 13.6. The smallest absolute Gasteiger partial charge is 0.208 e. The Morgan fingerprint density at radius 2 is 1.93 bits per heavy atom. The van der Waals surface area contributed by atoms with E-state index < -0.39 is 9.84 Å². The van der Waals surface area contributed by atoms with E-state index >= 15 is 0 Å². The number of sulfone groups is 1. The van der Waals surface area contributed by atoms with E-state index in [-0.39, 0.29) is 12.4 Å². The summed E-state index contributed by atoms with van der Waals surface area (Å²) < 4.78 is 30.5. The normalized spacial score (nSPS) is 20.5. The van der Waals surface area contributed by atoms with Gasteiger partial charge in [0.1, 0.15) is 0 Å². The van der Waals surface area contributed by atoms with Gasteiger partial charge in [-0.25, -0.2) is 8.42 Å². The molecule has 6 rings (SSSR count). The average molecular weight is 459 g/mol. The molecule has 30 heavy (non-hydrogen) atoms. The van der Waals surface area contributed by atoms with Gasteiger partial charge < -0.3 is 9.88 Å². The molecule has 0 spiro atoms. The van der Waals surface area contributed by atoms with Crippen LogP contribution in [0.3, 0.4) is 0 Å². The predicted octanol–water partition coefficient (Wildman–Crippen LogP) is 5.31. The van der Waals surface area contributed by atoms with Crippen LogP contribution in [0.5, 0.6) is 0 Å². The third-order valence-electron chi connectivity index (χ3n) is 6.69. The molecule has 2 aromatic carbocycles. The number of halogens is 1. The molecular weight excluding hydrogens is 436 g/mol. The molecule has 0 saturated carbocycles. The third kappa shape index (κ3) is 2.64. The highest BCUT2D eigenvalue weighted by Crippen LogP contribution is 2.43. The van der Waals surface area contributed by atoms with Crippen molar-refractivity contribution in [1.82, 2.24) is 9.88 Å². The summed E-state index contributed by atoms with van der Waals surface area (Å²) in [6.45, 7) is 2.03. The number of rotatable bonds is 2. The topological polar surface area (TPSA) is 51.1 Å². The quantitative estimate of drug-likeness (QED) is 0.443. The van der Waals surface area contributed by atoms with Gasteiger partial charge in [0.25, 0.3) is 0 Å². The number of nitrogens with zero attached hydrogens (tertiary/aromatic N) is 1. The van der Waals surface area contributed by atoms with Crippen LogP contribution in [-0.4, -0.2) is 19.0 Å². The Labute approximate surface area is 186 Å². The van der Waals surface area contributed by atoms with Gasteiger partial charge in [0.05, 0.1) is 15.3 Å². The summed E-state index contributed by atoms with van der Waals surface area (Å²) in [7, 11) is -1.46. The molecule has 1 saturated heterocycles. The molecule has 2 bridgehead atoms. The maximum atomic E-state index is 13.6. The van der Waals surface area contributed by atoms with Crippen LogP contribution in [0, 0.1) is 6.92 Å². The lowest BCUT2D eigenvalue weighted by atomic mass is 9.98. The molecule has 4 nitrogen and oxygen atoms in total. The summed E-state index contributed by atoms with van der Waals surface area (Å²) in [6, 6.07) is 12.4. The van der Waals surface area contributed by atoms with Crippen LogP contribution >= 0.6 is 23.7 Å². The monoisotopic (exact) mass is 458 g/mol. The highest BCUT2D eigenvalue weighted by molar-refractivity contribution is 7.92. The van der Waals surface area contributed by atoms with Crippen molar-refractivity contribution in [2.24, 2.45) is 7.05 Å². The molecule has 2 atom stereocenters. The summed E-state index contributed by atoms with van der Waals surface area (Å²) >= 11 is 1.49. The SMILES string of the molecule is Cc1cc(S(=O)(=O)c2csc3ccccc23)cc2c3c(n(C)c12)CC1CCC3N1.Cl. The van der Waals surface area contributed by atoms with Gasteiger partial charge >= 0.3 is 0 Å². The van der Waals surface area contributed by atoms with E-state index in [0.717, 1.165) is 33.9 Å². The van der Waals surface area contributed by atoms with Gasteiger partial charge in [0.15, 0.2) is 0 Å². The molecule has 1 N–H and O–H groups in total. The van der Waals surface area contributed by atoms with Crippen molar-refractivity contribution >= 4 is 54.6 Å². The molecule has 0 radical (unpaired) electrons. The van der Waals surface area contributed by atoms with Crippen LogP contribution in [0.2, 0.25) is 0 Å². The van der Waals surface area contributed by atoms with Crippen LogP contribution in [0.4, 0.5) is 0 Å². The first-order valence-electron chi connectivity index (χ1n) is 10.0. The lowest BCUT2D eigenvalue weighted by Gasteiger charge is -2.23. The minimum absolute atomic E-state index is 0. The summed E-state index contributed by atoms with van der Waals surface area (Å²) in [5.74, 6) is 0. The molecule has 7 heteroatoms. The number of fused-ring (bicyclic) bond motifs is 7. The summed E-state index contributed by atoms with van der Waals surface area (Å²) in [4.78, 5) is 0.820. The molecule has 0 aliphatic carbocycles. The summed E-state index contributed by atoms with van der Waals surface area (Å²) in [6.07, 6.45) is 3.34. The van der Waals surface area contributed by atoms with E-state index in [2.05, 4.69) is 16.9 Å². The molecule has 4 aromatic rings. The van der Waals surface area contributed by atoms with Crippen LogP contribution in [0.1, 0.15) is 35.7 Å². The van der Waals surface area contributed by atoms with Gasteiger partial charge in [-0.15, -0.1) is 23.7 Å². The van der Waals surface area contributed by atoms with Crippen LogP contribution < -0.4 is 5.32 Å². The maximum Gasteiger partial charge on any atom is 0.208 e. The van der Waals surface area contributed by atoms with E-state index in [4.69, 9.17) is 0 Å².